The van der Waals surface area contributed by atoms with E-state index >= 15 is 0 Å². The van der Waals surface area contributed by atoms with Gasteiger partial charge in [-0.2, -0.15) is 25.3 Å². The molecule has 0 radical (unpaired) electrons. The molecule has 4 rings (SSSR count). The maximum Gasteiger partial charge on any atom is 0.305 e. The second-order valence-corrected chi connectivity index (χ2v) is 22.3. The minimum Gasteiger partial charge on any atom is -0.481 e. The van der Waals surface area contributed by atoms with E-state index in [-0.39, 0.29) is 76.7 Å². The summed E-state index contributed by atoms with van der Waals surface area (Å²) in [4.78, 5) is 12.1. The number of anilines is 1. The van der Waals surface area contributed by atoms with E-state index in [0.717, 1.165) is 11.1 Å². The van der Waals surface area contributed by atoms with E-state index in [1.54, 1.807) is 25.3 Å². The molecular formula is C51H77N2O22S3+. The third-order valence-electron chi connectivity index (χ3n) is 12.0. The van der Waals surface area contributed by atoms with Crippen LogP contribution in [0.15, 0.2) is 75.9 Å². The van der Waals surface area contributed by atoms with Gasteiger partial charge in [0.15, 0.2) is 6.54 Å². The fourth-order valence-corrected chi connectivity index (χ4v) is 9.70. The van der Waals surface area contributed by atoms with Gasteiger partial charge in [0.1, 0.15) is 18.9 Å². The average molecular weight is 1170 g/mol. The van der Waals surface area contributed by atoms with Crippen LogP contribution in [0.1, 0.15) is 43.7 Å². The van der Waals surface area contributed by atoms with Crippen LogP contribution in [0.3, 0.4) is 0 Å². The molecule has 0 bridgehead atoms. The van der Waals surface area contributed by atoms with Crippen LogP contribution in [-0.2, 0) is 87.9 Å². The lowest BCUT2D eigenvalue weighted by Gasteiger charge is -2.30. The number of carboxylic acid groups (broad SMARTS) is 1. The van der Waals surface area contributed by atoms with Crippen molar-refractivity contribution in [3.05, 3.63) is 83.1 Å². The quantitative estimate of drug-likeness (QED) is 0.0359. The predicted octanol–water partition coefficient (Wildman–Crippen LogP) is 3.29. The van der Waals surface area contributed by atoms with Gasteiger partial charge in [0, 0.05) is 48.5 Å². The molecule has 1 aromatic carbocycles. The number of hydrogen-bond acceptors (Lipinski definition) is 19. The Morgan fingerprint density at radius 2 is 1.17 bits per heavy atom. The van der Waals surface area contributed by atoms with Crippen LogP contribution >= 0.6 is 0 Å². The van der Waals surface area contributed by atoms with Crippen LogP contribution in [-0.4, -0.2) is 214 Å². The molecule has 0 spiro atoms. The Bertz CT molecular complexity index is 2700. The van der Waals surface area contributed by atoms with Crippen molar-refractivity contribution in [1.29, 1.82) is 0 Å². The smallest absolute Gasteiger partial charge is 0.305 e. The zero-order chi connectivity index (χ0) is 56.7. The van der Waals surface area contributed by atoms with Gasteiger partial charge >= 0.3 is 5.97 Å². The van der Waals surface area contributed by atoms with Gasteiger partial charge in [-0.15, -0.1) is 0 Å². The van der Waals surface area contributed by atoms with Gasteiger partial charge in [-0.3, -0.25) is 18.5 Å². The minimum atomic E-state index is -4.63. The Morgan fingerprint density at radius 1 is 0.641 bits per heavy atom. The number of allylic oxidation sites excluding steroid dienone is 3. The number of fused-ring (bicyclic) bond motifs is 2. The van der Waals surface area contributed by atoms with Gasteiger partial charge < -0.3 is 61.8 Å². The van der Waals surface area contributed by atoms with E-state index in [4.69, 9.17) is 56.9 Å². The molecule has 440 valence electrons. The van der Waals surface area contributed by atoms with E-state index in [2.05, 4.69) is 0 Å². The van der Waals surface area contributed by atoms with Gasteiger partial charge in [0.2, 0.25) is 5.36 Å². The van der Waals surface area contributed by atoms with Gasteiger partial charge in [0.25, 0.3) is 30.4 Å². The summed E-state index contributed by atoms with van der Waals surface area (Å²) in [5.74, 6) is -1.39. The molecule has 0 fully saturated rings. The topological polar surface area (TPSA) is 312 Å². The van der Waals surface area contributed by atoms with Gasteiger partial charge in [-0.1, -0.05) is 12.2 Å². The Hall–Kier alpha value is -4.27. The maximum atomic E-state index is 12.4. The monoisotopic (exact) mass is 1170 g/mol. The summed E-state index contributed by atoms with van der Waals surface area (Å²) in [5.41, 5.74) is 2.24. The summed E-state index contributed by atoms with van der Waals surface area (Å²) in [5, 5.41) is 9.35. The number of benzene rings is 2. The lowest BCUT2D eigenvalue weighted by Crippen LogP contribution is -2.35. The number of hydrogen-bond donors (Lipinski definition) is 4. The molecule has 4 N–H and O–H groups in total. The van der Waals surface area contributed by atoms with Gasteiger partial charge in [0.05, 0.1) is 154 Å². The highest BCUT2D eigenvalue weighted by Crippen LogP contribution is 2.51. The zero-order valence-electron chi connectivity index (χ0n) is 44.4. The first-order valence-corrected chi connectivity index (χ1v) is 30.2. The molecule has 0 aromatic heterocycles. The second kappa shape index (κ2) is 35.5. The minimum absolute atomic E-state index is 0.0134. The summed E-state index contributed by atoms with van der Waals surface area (Å²) >= 11 is 0. The molecule has 0 amide bonds. The highest BCUT2D eigenvalue weighted by atomic mass is 32.2. The molecule has 1 atom stereocenters. The highest BCUT2D eigenvalue weighted by molar-refractivity contribution is 7.86. The Morgan fingerprint density at radius 3 is 1.71 bits per heavy atom. The number of rotatable bonds is 44. The Labute approximate surface area is 457 Å². The first kappa shape index (κ1) is 66.2. The number of ether oxygens (including phenoxy) is 10. The first-order chi connectivity index (χ1) is 37.3. The molecule has 24 nitrogen and oxygen atoms in total. The van der Waals surface area contributed by atoms with E-state index < -0.39 is 53.2 Å². The molecule has 0 saturated heterocycles. The molecule has 1 aromatic rings. The van der Waals surface area contributed by atoms with Crippen molar-refractivity contribution in [1.82, 2.24) is 4.58 Å². The molecule has 1 aliphatic carbocycles. The third kappa shape index (κ3) is 25.5. The molecule has 2 heterocycles. The molecule has 0 saturated carbocycles. The fourth-order valence-electron chi connectivity index (χ4n) is 8.19. The van der Waals surface area contributed by atoms with Crippen LogP contribution in [0.4, 0.5) is 5.69 Å². The number of methoxy groups -OCH3 is 1. The summed E-state index contributed by atoms with van der Waals surface area (Å²) in [7, 11) is -11.6. The lowest BCUT2D eigenvalue weighted by molar-refractivity contribution is -0.138. The van der Waals surface area contributed by atoms with Crippen molar-refractivity contribution < 1.29 is 101 Å². The number of aliphatic carboxylic acids is 1. The van der Waals surface area contributed by atoms with Crippen LogP contribution in [0.2, 0.25) is 0 Å². The standard InChI is InChI=1S/C51H76N2O22S3/c1-51(14-4-38-76(56,57)58)46-41-44(78(62,63)64)9-11-47(46)53(17-21-68-26-29-72-34-37-74-35-32-70-27-24-66-18-13-50(54)55)49(51)7-3-6-42-12-19-75-48-40-43(8-10-45(42)48)52(15-5-39-77(59,60)61)16-20-67-25-28-71-33-36-73-31-30-69-23-22-65-2/h3,6-12,19,40-41H,4-5,13-18,20-39H2,1-2H3,(H3-,54,55,56,57,58,59,60,61,62,63,64)/p+1. The van der Waals surface area contributed by atoms with Crippen LogP contribution in [0.5, 0.6) is 0 Å². The lowest BCUT2D eigenvalue weighted by atomic mass is 9.77. The molecule has 3 aliphatic rings. The Balaban J connectivity index is 1.46. The van der Waals surface area contributed by atoms with Crippen LogP contribution in [0.25, 0.3) is 17.4 Å². The van der Waals surface area contributed by atoms with Crippen molar-refractivity contribution in [2.45, 2.75) is 42.9 Å². The molecule has 1 unspecified atom stereocenters. The number of nitrogens with zero attached hydrogens (tertiary/aromatic N) is 2. The maximum absolute atomic E-state index is 12.4. The van der Waals surface area contributed by atoms with E-state index in [1.165, 1.54) is 18.4 Å². The predicted molar refractivity (Wildman–Crippen MR) is 287 cm³/mol. The number of carbonyl (C=O) groups is 1. The first-order valence-electron chi connectivity index (χ1n) is 25.5. The summed E-state index contributed by atoms with van der Waals surface area (Å²) < 4.78 is 164. The Kier molecular flexibility index (Phi) is 30.1. The highest BCUT2D eigenvalue weighted by Gasteiger charge is 2.44. The van der Waals surface area contributed by atoms with E-state index in [0.29, 0.717) is 127 Å². The van der Waals surface area contributed by atoms with E-state index in [1.807, 2.05) is 46.8 Å². The SMILES string of the molecule is COCCOCCOCCOCCOCC[N+](CCCS(=O)(=O)O)=c1ccc2c(/C=C/C=C3/N(CCOCCOCCOCCOCCOCCC(=O)O)c4ccc(S(=O)(=O)O)cc4C3(C)CCCS(=O)(=O)O)ccoc-2c1. The largest absolute Gasteiger partial charge is 0.481 e. The summed E-state index contributed by atoms with van der Waals surface area (Å²) in [6, 6.07) is 11.6. The number of carboxylic acids is 1. The second-order valence-electron chi connectivity index (χ2n) is 17.8. The fraction of sp³-hybridized carbons (Fsp3) is 0.608. The van der Waals surface area contributed by atoms with Crippen molar-refractivity contribution >= 4 is 48.1 Å². The van der Waals surface area contributed by atoms with Gasteiger partial charge in [-0.05, 0) is 67.3 Å². The summed E-state index contributed by atoms with van der Waals surface area (Å²) in [6.07, 6.45) is 7.28. The van der Waals surface area contributed by atoms with Crippen molar-refractivity contribution in [2.75, 3.05) is 169 Å². The normalized spacial score (nSPS) is 16.0. The molecule has 27 heteroatoms. The van der Waals surface area contributed by atoms with Crippen LogP contribution in [0, 0.1) is 0 Å². The average Bonchev–Trinajstić information content (AvgIpc) is 3.78. The van der Waals surface area contributed by atoms with Crippen molar-refractivity contribution in [2.24, 2.45) is 0 Å². The van der Waals surface area contributed by atoms with Crippen molar-refractivity contribution in [3.8, 4) is 11.3 Å². The van der Waals surface area contributed by atoms with Gasteiger partial charge in [-0.25, -0.2) is 4.58 Å². The third-order valence-corrected chi connectivity index (χ3v) is 14.5. The van der Waals surface area contributed by atoms with E-state index in [9.17, 15) is 43.7 Å². The summed E-state index contributed by atoms with van der Waals surface area (Å²) in [6.45, 7) is 9.16. The zero-order valence-corrected chi connectivity index (χ0v) is 46.9. The van der Waals surface area contributed by atoms with Crippen LogP contribution < -0.4 is 14.8 Å². The molecule has 2 aliphatic heterocycles. The molecular weight excluding hydrogens is 1090 g/mol. The van der Waals surface area contributed by atoms with Crippen molar-refractivity contribution in [3.63, 3.8) is 0 Å². The molecule has 78 heavy (non-hydrogen) atoms.